The molecule has 9 nitrogen and oxygen atoms in total. The number of nitrogens with zero attached hydrogens (tertiary/aromatic N) is 6. The van der Waals surface area contributed by atoms with Crippen LogP contribution < -0.4 is 4.90 Å². The Kier molecular flexibility index (Phi) is 6.87. The van der Waals surface area contributed by atoms with Gasteiger partial charge in [-0.05, 0) is 17.7 Å². The lowest BCUT2D eigenvalue weighted by Gasteiger charge is -2.42. The molecule has 11 heteroatoms. The lowest BCUT2D eigenvalue weighted by molar-refractivity contribution is -0.148. The van der Waals surface area contributed by atoms with E-state index in [1.54, 1.807) is 11.3 Å². The van der Waals surface area contributed by atoms with Crippen molar-refractivity contribution >= 4 is 39.0 Å². The molecule has 1 unspecified atom stereocenters. The summed E-state index contributed by atoms with van der Waals surface area (Å²) in [6, 6.07) is 2.15. The van der Waals surface area contributed by atoms with Gasteiger partial charge in [-0.25, -0.2) is 4.98 Å². The second-order valence-corrected chi connectivity index (χ2v) is 9.62. The van der Waals surface area contributed by atoms with Crippen LogP contribution in [0.2, 0.25) is 5.28 Å². The second-order valence-electron chi connectivity index (χ2n) is 8.15. The van der Waals surface area contributed by atoms with Crippen molar-refractivity contribution in [3.63, 3.8) is 0 Å². The fourth-order valence-corrected chi connectivity index (χ4v) is 5.74. The molecule has 2 aromatic heterocycles. The second kappa shape index (κ2) is 9.80. The highest BCUT2D eigenvalue weighted by atomic mass is 35.5. The van der Waals surface area contributed by atoms with Gasteiger partial charge in [-0.3, -0.25) is 14.7 Å². The zero-order valence-electron chi connectivity index (χ0n) is 17.6. The summed E-state index contributed by atoms with van der Waals surface area (Å²) in [4.78, 5) is 19.2. The number of halogens is 1. The average molecular weight is 469 g/mol. The number of hydrogen-bond acceptors (Lipinski definition) is 10. The maximum absolute atomic E-state index is 10.7. The number of hydrogen-bond donors (Lipinski definition) is 1. The van der Waals surface area contributed by atoms with Gasteiger partial charge in [0.25, 0.3) is 0 Å². The van der Waals surface area contributed by atoms with E-state index in [9.17, 15) is 5.11 Å². The fourth-order valence-electron chi connectivity index (χ4n) is 4.42. The van der Waals surface area contributed by atoms with Gasteiger partial charge >= 0.3 is 0 Å². The normalized spacial score (nSPS) is 23.5. The topological polar surface area (TPSA) is 77.4 Å². The molecule has 0 bridgehead atoms. The Morgan fingerprint density at radius 3 is 2.29 bits per heavy atom. The third-order valence-corrected chi connectivity index (χ3v) is 7.45. The SMILES string of the molecule is OC(N1CCOCC1)N1CCN(Cc2cc3nc(Cl)nc(N4CCOCC4)c3s2)CC1. The predicted octanol–water partition coefficient (Wildman–Crippen LogP) is 0.907. The van der Waals surface area contributed by atoms with E-state index in [0.29, 0.717) is 31.7 Å². The van der Waals surface area contributed by atoms with Crippen molar-refractivity contribution in [3.05, 3.63) is 16.2 Å². The summed E-state index contributed by atoms with van der Waals surface area (Å²) in [6.07, 6.45) is -0.510. The number of thiophene rings is 1. The van der Waals surface area contributed by atoms with Crippen LogP contribution >= 0.6 is 22.9 Å². The molecule has 31 heavy (non-hydrogen) atoms. The largest absolute Gasteiger partial charge is 0.379 e. The Labute approximate surface area is 191 Å². The summed E-state index contributed by atoms with van der Waals surface area (Å²) < 4.78 is 12.0. The third-order valence-electron chi connectivity index (χ3n) is 6.17. The minimum absolute atomic E-state index is 0.295. The zero-order chi connectivity index (χ0) is 21.2. The highest BCUT2D eigenvalue weighted by Crippen LogP contribution is 2.34. The van der Waals surface area contributed by atoms with Gasteiger partial charge in [0, 0.05) is 63.8 Å². The lowest BCUT2D eigenvalue weighted by Crippen LogP contribution is -2.57. The highest BCUT2D eigenvalue weighted by molar-refractivity contribution is 7.19. The standard InChI is InChI=1S/C20H29ClN6O3S/c21-19-22-16-13-15(31-17(16)18(23-19)25-5-9-29-10-6-25)14-24-1-3-26(4-2-24)20(28)27-7-11-30-12-8-27/h13,20,28H,1-12,14H2. The molecule has 5 heterocycles. The number of fused-ring (bicyclic) bond motifs is 1. The minimum Gasteiger partial charge on any atom is -0.379 e. The van der Waals surface area contributed by atoms with Crippen LogP contribution in [0.1, 0.15) is 4.88 Å². The summed E-state index contributed by atoms with van der Waals surface area (Å²) in [6.45, 7) is 10.5. The van der Waals surface area contributed by atoms with Gasteiger partial charge in [0.15, 0.2) is 12.2 Å². The number of aromatic nitrogens is 2. The lowest BCUT2D eigenvalue weighted by atomic mass is 10.3. The molecule has 1 atom stereocenters. The van der Waals surface area contributed by atoms with Crippen molar-refractivity contribution in [3.8, 4) is 0 Å². The van der Waals surface area contributed by atoms with Crippen molar-refractivity contribution in [2.24, 2.45) is 0 Å². The number of rotatable bonds is 5. The molecule has 0 spiro atoms. The number of anilines is 1. The maximum atomic E-state index is 10.7. The van der Waals surface area contributed by atoms with Crippen LogP contribution in [0.4, 0.5) is 5.82 Å². The first-order valence-corrected chi connectivity index (χ1v) is 12.1. The predicted molar refractivity (Wildman–Crippen MR) is 121 cm³/mol. The highest BCUT2D eigenvalue weighted by Gasteiger charge is 2.28. The molecule has 170 valence electrons. The Hall–Kier alpha value is -1.11. The molecule has 1 N–H and O–H groups in total. The monoisotopic (exact) mass is 468 g/mol. The quantitative estimate of drug-likeness (QED) is 0.644. The molecule has 3 fully saturated rings. The first-order valence-electron chi connectivity index (χ1n) is 10.9. The molecule has 0 saturated carbocycles. The molecule has 3 aliphatic heterocycles. The maximum Gasteiger partial charge on any atom is 0.224 e. The van der Waals surface area contributed by atoms with E-state index in [1.807, 2.05) is 0 Å². The Morgan fingerprint density at radius 1 is 0.935 bits per heavy atom. The Balaban J connectivity index is 1.23. The molecule has 3 saturated heterocycles. The molecular formula is C20H29ClN6O3S. The summed E-state index contributed by atoms with van der Waals surface area (Å²) >= 11 is 7.98. The van der Waals surface area contributed by atoms with E-state index in [0.717, 1.165) is 74.9 Å². The van der Waals surface area contributed by atoms with Gasteiger partial charge in [0.05, 0.1) is 36.6 Å². The molecule has 0 radical (unpaired) electrons. The summed E-state index contributed by atoms with van der Waals surface area (Å²) in [5.74, 6) is 0.924. The zero-order valence-corrected chi connectivity index (χ0v) is 19.2. The van der Waals surface area contributed by atoms with Crippen molar-refractivity contribution in [2.75, 3.05) is 83.7 Å². The number of morpholine rings is 2. The van der Waals surface area contributed by atoms with Crippen LogP contribution in [-0.4, -0.2) is 115 Å². The first-order chi connectivity index (χ1) is 15.2. The molecule has 3 aliphatic rings. The molecule has 0 aromatic carbocycles. The molecule has 5 rings (SSSR count). The number of aliphatic hydroxyl groups excluding tert-OH is 1. The summed E-state index contributed by atoms with van der Waals surface area (Å²) in [7, 11) is 0. The van der Waals surface area contributed by atoms with Gasteiger partial charge < -0.3 is 19.5 Å². The van der Waals surface area contributed by atoms with Gasteiger partial charge in [0.2, 0.25) is 5.28 Å². The van der Waals surface area contributed by atoms with E-state index in [4.69, 9.17) is 21.1 Å². The van der Waals surface area contributed by atoms with Crippen LogP contribution in [-0.2, 0) is 16.0 Å². The van der Waals surface area contributed by atoms with E-state index < -0.39 is 6.35 Å². The third kappa shape index (κ3) is 4.96. The van der Waals surface area contributed by atoms with Crippen molar-refractivity contribution in [2.45, 2.75) is 12.9 Å². The van der Waals surface area contributed by atoms with E-state index in [2.05, 4.69) is 35.6 Å². The van der Waals surface area contributed by atoms with E-state index in [-0.39, 0.29) is 0 Å². The Morgan fingerprint density at radius 2 is 1.58 bits per heavy atom. The van der Waals surface area contributed by atoms with E-state index in [1.165, 1.54) is 4.88 Å². The molecule has 2 aromatic rings. The fraction of sp³-hybridized carbons (Fsp3) is 0.700. The van der Waals surface area contributed by atoms with Crippen LogP contribution in [0.15, 0.2) is 6.07 Å². The molecule has 0 amide bonds. The molecular weight excluding hydrogens is 440 g/mol. The Bertz CT molecular complexity index is 881. The summed E-state index contributed by atoms with van der Waals surface area (Å²) in [5, 5.41) is 11.0. The first kappa shape index (κ1) is 21.7. The van der Waals surface area contributed by atoms with Gasteiger partial charge in [-0.1, -0.05) is 0 Å². The van der Waals surface area contributed by atoms with Crippen LogP contribution in [0, 0.1) is 0 Å². The summed E-state index contributed by atoms with van der Waals surface area (Å²) in [5.41, 5.74) is 0.919. The van der Waals surface area contributed by atoms with Gasteiger partial charge in [-0.15, -0.1) is 11.3 Å². The number of piperazine rings is 1. The van der Waals surface area contributed by atoms with Gasteiger partial charge in [0.1, 0.15) is 0 Å². The van der Waals surface area contributed by atoms with Crippen molar-refractivity contribution in [1.29, 1.82) is 0 Å². The van der Waals surface area contributed by atoms with Crippen LogP contribution in [0.25, 0.3) is 10.2 Å². The smallest absolute Gasteiger partial charge is 0.224 e. The average Bonchev–Trinajstić information content (AvgIpc) is 3.21. The minimum atomic E-state index is -0.510. The van der Waals surface area contributed by atoms with Crippen molar-refractivity contribution in [1.82, 2.24) is 24.7 Å². The van der Waals surface area contributed by atoms with Crippen LogP contribution in [0.5, 0.6) is 0 Å². The van der Waals surface area contributed by atoms with Crippen molar-refractivity contribution < 1.29 is 14.6 Å². The van der Waals surface area contributed by atoms with E-state index >= 15 is 0 Å². The van der Waals surface area contributed by atoms with Crippen LogP contribution in [0.3, 0.4) is 0 Å². The number of aliphatic hydroxyl groups is 1. The molecule has 0 aliphatic carbocycles. The number of ether oxygens (including phenoxy) is 2. The van der Waals surface area contributed by atoms with Gasteiger partial charge in [-0.2, -0.15) is 4.98 Å².